The van der Waals surface area contributed by atoms with Gasteiger partial charge in [0, 0.05) is 6.07 Å². The number of ether oxygens (including phenoxy) is 4. The van der Waals surface area contributed by atoms with Crippen LogP contribution in [0.2, 0.25) is 0 Å². The Hall–Kier alpha value is -4.06. The van der Waals surface area contributed by atoms with E-state index in [-0.39, 0.29) is 17.3 Å². The Kier molecular flexibility index (Phi) is 5.22. The van der Waals surface area contributed by atoms with Crippen LogP contribution in [0.3, 0.4) is 0 Å². The SMILES string of the molecule is COc1ccc(C(=O)Oc2ccc3c(c2)OC(=Cc2cccc(OC)c2)C3=O)cc1. The molecule has 0 saturated carbocycles. The largest absolute Gasteiger partial charge is 0.497 e. The maximum atomic E-state index is 12.6. The number of hydrogen-bond donors (Lipinski definition) is 0. The highest BCUT2D eigenvalue weighted by atomic mass is 16.5. The first kappa shape index (κ1) is 19.3. The van der Waals surface area contributed by atoms with Gasteiger partial charge in [-0.05, 0) is 60.2 Å². The van der Waals surface area contributed by atoms with Crippen molar-refractivity contribution in [2.24, 2.45) is 0 Å². The molecule has 1 aliphatic heterocycles. The molecule has 0 bridgehead atoms. The van der Waals surface area contributed by atoms with Gasteiger partial charge in [0.25, 0.3) is 0 Å². The number of fused-ring (bicyclic) bond motifs is 1. The van der Waals surface area contributed by atoms with Gasteiger partial charge >= 0.3 is 5.97 Å². The third kappa shape index (κ3) is 3.89. The lowest BCUT2D eigenvalue weighted by Crippen LogP contribution is -2.08. The van der Waals surface area contributed by atoms with Crippen LogP contribution >= 0.6 is 0 Å². The summed E-state index contributed by atoms with van der Waals surface area (Å²) < 4.78 is 21.4. The lowest BCUT2D eigenvalue weighted by Gasteiger charge is -2.06. The van der Waals surface area contributed by atoms with E-state index in [0.717, 1.165) is 5.56 Å². The maximum Gasteiger partial charge on any atom is 0.343 e. The zero-order valence-electron chi connectivity index (χ0n) is 16.4. The van der Waals surface area contributed by atoms with Crippen molar-refractivity contribution in [3.05, 3.63) is 89.2 Å². The first-order valence-corrected chi connectivity index (χ1v) is 9.16. The summed E-state index contributed by atoms with van der Waals surface area (Å²) in [5.74, 6) is 1.39. The number of benzene rings is 3. The molecule has 0 radical (unpaired) electrons. The van der Waals surface area contributed by atoms with Crippen LogP contribution in [0.15, 0.2) is 72.5 Å². The summed E-state index contributed by atoms with van der Waals surface area (Å²) in [6, 6.07) is 18.6. The Balaban J connectivity index is 1.52. The van der Waals surface area contributed by atoms with Crippen molar-refractivity contribution in [3.8, 4) is 23.0 Å². The van der Waals surface area contributed by atoms with Crippen molar-refractivity contribution >= 4 is 17.8 Å². The summed E-state index contributed by atoms with van der Waals surface area (Å²) in [5, 5.41) is 0. The molecule has 4 rings (SSSR count). The topological polar surface area (TPSA) is 71.1 Å². The Bertz CT molecular complexity index is 1140. The van der Waals surface area contributed by atoms with Crippen LogP contribution in [0.5, 0.6) is 23.0 Å². The minimum absolute atomic E-state index is 0.192. The highest BCUT2D eigenvalue weighted by Gasteiger charge is 2.28. The molecule has 6 nitrogen and oxygen atoms in total. The van der Waals surface area contributed by atoms with Crippen LogP contribution in [0.4, 0.5) is 0 Å². The second-order valence-corrected chi connectivity index (χ2v) is 6.49. The molecule has 0 atom stereocenters. The van der Waals surface area contributed by atoms with Crippen LogP contribution in [-0.4, -0.2) is 26.0 Å². The number of Topliss-reactive ketones (excluding diaryl/α,β-unsaturated/α-hetero) is 1. The monoisotopic (exact) mass is 402 g/mol. The standard InChI is InChI=1S/C24H18O6/c1-27-17-8-6-16(7-9-17)24(26)29-19-10-11-20-21(14-19)30-22(23(20)25)13-15-4-3-5-18(12-15)28-2/h3-14H,1-2H3. The smallest absolute Gasteiger partial charge is 0.343 e. The van der Waals surface area contributed by atoms with Gasteiger partial charge in [0.1, 0.15) is 23.0 Å². The molecule has 3 aromatic carbocycles. The van der Waals surface area contributed by atoms with Gasteiger partial charge in [-0.25, -0.2) is 4.79 Å². The molecule has 0 N–H and O–H groups in total. The second kappa shape index (κ2) is 8.13. The zero-order chi connectivity index (χ0) is 21.1. The van der Waals surface area contributed by atoms with Crippen molar-refractivity contribution in [1.82, 2.24) is 0 Å². The van der Waals surface area contributed by atoms with Crippen LogP contribution in [0.25, 0.3) is 6.08 Å². The van der Waals surface area contributed by atoms with Crippen molar-refractivity contribution in [1.29, 1.82) is 0 Å². The molecule has 150 valence electrons. The van der Waals surface area contributed by atoms with Gasteiger partial charge in [-0.15, -0.1) is 0 Å². The van der Waals surface area contributed by atoms with Gasteiger partial charge in [-0.2, -0.15) is 0 Å². The predicted octanol–water partition coefficient (Wildman–Crippen LogP) is 4.54. The van der Waals surface area contributed by atoms with Crippen LogP contribution in [0.1, 0.15) is 26.3 Å². The van der Waals surface area contributed by atoms with E-state index >= 15 is 0 Å². The number of ketones is 1. The van der Waals surface area contributed by atoms with E-state index in [4.69, 9.17) is 18.9 Å². The number of allylic oxidation sites excluding steroid dienone is 1. The number of carbonyl (C=O) groups is 2. The van der Waals surface area contributed by atoms with E-state index in [2.05, 4.69) is 0 Å². The summed E-state index contributed by atoms with van der Waals surface area (Å²) in [4.78, 5) is 25.0. The van der Waals surface area contributed by atoms with Crippen molar-refractivity contribution in [2.45, 2.75) is 0 Å². The number of rotatable bonds is 5. The Morgan fingerprint density at radius 1 is 0.867 bits per heavy atom. The minimum Gasteiger partial charge on any atom is -0.497 e. The molecule has 1 aliphatic rings. The molecule has 0 amide bonds. The van der Waals surface area contributed by atoms with Gasteiger partial charge < -0.3 is 18.9 Å². The number of esters is 1. The quantitative estimate of drug-likeness (QED) is 0.355. The Morgan fingerprint density at radius 3 is 2.33 bits per heavy atom. The average Bonchev–Trinajstić information content (AvgIpc) is 3.08. The molecular weight excluding hydrogens is 384 g/mol. The third-order valence-corrected chi connectivity index (χ3v) is 4.57. The molecule has 0 aromatic heterocycles. The highest BCUT2D eigenvalue weighted by Crippen LogP contribution is 2.35. The van der Waals surface area contributed by atoms with Crippen LogP contribution in [0, 0.1) is 0 Å². The van der Waals surface area contributed by atoms with Crippen LogP contribution < -0.4 is 18.9 Å². The average molecular weight is 402 g/mol. The van der Waals surface area contributed by atoms with Gasteiger partial charge in [0.15, 0.2) is 5.76 Å². The van der Waals surface area contributed by atoms with Gasteiger partial charge in [0.05, 0.1) is 25.3 Å². The molecule has 0 spiro atoms. The molecule has 0 unspecified atom stereocenters. The Labute approximate surface area is 173 Å². The van der Waals surface area contributed by atoms with E-state index in [1.165, 1.54) is 6.07 Å². The van der Waals surface area contributed by atoms with Gasteiger partial charge in [-0.1, -0.05) is 12.1 Å². The molecule has 0 aliphatic carbocycles. The van der Waals surface area contributed by atoms with Gasteiger partial charge in [0.2, 0.25) is 5.78 Å². The minimum atomic E-state index is -0.519. The second-order valence-electron chi connectivity index (χ2n) is 6.49. The molecular formula is C24H18O6. The van der Waals surface area contributed by atoms with E-state index in [1.54, 1.807) is 62.8 Å². The van der Waals surface area contributed by atoms with E-state index in [0.29, 0.717) is 28.4 Å². The molecule has 30 heavy (non-hydrogen) atoms. The fourth-order valence-electron chi connectivity index (χ4n) is 3.01. The fraction of sp³-hybridized carbons (Fsp3) is 0.0833. The normalized spacial score (nSPS) is 13.5. The predicted molar refractivity (Wildman–Crippen MR) is 110 cm³/mol. The van der Waals surface area contributed by atoms with Crippen molar-refractivity contribution in [3.63, 3.8) is 0 Å². The zero-order valence-corrected chi connectivity index (χ0v) is 16.4. The number of methoxy groups -OCH3 is 2. The van der Waals surface area contributed by atoms with E-state index in [1.807, 2.05) is 18.2 Å². The fourth-order valence-corrected chi connectivity index (χ4v) is 3.01. The highest BCUT2D eigenvalue weighted by molar-refractivity contribution is 6.14. The van der Waals surface area contributed by atoms with E-state index < -0.39 is 5.97 Å². The molecule has 0 saturated heterocycles. The van der Waals surface area contributed by atoms with Crippen molar-refractivity contribution in [2.75, 3.05) is 14.2 Å². The lowest BCUT2D eigenvalue weighted by molar-refractivity contribution is 0.0734. The molecule has 3 aromatic rings. The first-order chi connectivity index (χ1) is 14.6. The maximum absolute atomic E-state index is 12.6. The molecule has 0 fully saturated rings. The van der Waals surface area contributed by atoms with Gasteiger partial charge in [-0.3, -0.25) is 4.79 Å². The first-order valence-electron chi connectivity index (χ1n) is 9.16. The van der Waals surface area contributed by atoms with Crippen LogP contribution in [-0.2, 0) is 0 Å². The lowest BCUT2D eigenvalue weighted by atomic mass is 10.1. The van der Waals surface area contributed by atoms with Crippen molar-refractivity contribution < 1.29 is 28.5 Å². The summed E-state index contributed by atoms with van der Waals surface area (Å²) in [7, 11) is 3.13. The summed E-state index contributed by atoms with van der Waals surface area (Å²) in [6.07, 6.45) is 1.65. The Morgan fingerprint density at radius 2 is 1.60 bits per heavy atom. The summed E-state index contributed by atoms with van der Waals surface area (Å²) in [5.41, 5.74) is 1.57. The molecule has 1 heterocycles. The van der Waals surface area contributed by atoms with E-state index in [9.17, 15) is 9.59 Å². The summed E-state index contributed by atoms with van der Waals surface area (Å²) >= 11 is 0. The summed E-state index contributed by atoms with van der Waals surface area (Å²) in [6.45, 7) is 0. The third-order valence-electron chi connectivity index (χ3n) is 4.57. The number of carbonyl (C=O) groups excluding carboxylic acids is 2. The molecule has 6 heteroatoms. The number of hydrogen-bond acceptors (Lipinski definition) is 6.